The first-order valence-electron chi connectivity index (χ1n) is 9.50. The molecular formula is C19H40O6. The lowest BCUT2D eigenvalue weighted by molar-refractivity contribution is -0.138. The maximum Gasteiger partial charge on any atom is 0.303 e. The van der Waals surface area contributed by atoms with E-state index in [-0.39, 0.29) is 19.1 Å². The molecule has 0 saturated carbocycles. The standard InChI is InChI=1S/2C7H14O2.C5H12O2/c2*1-2-3-4-5-6-7(8)9;1-5(4-7)2-3-6/h2*2-6H2,1H3,(H,8,9);5-7H,2-4H2,1H3. The number of aliphatic hydroxyl groups excluding tert-OH is 2. The van der Waals surface area contributed by atoms with E-state index in [1.807, 2.05) is 6.92 Å². The van der Waals surface area contributed by atoms with Gasteiger partial charge >= 0.3 is 11.9 Å². The average molecular weight is 365 g/mol. The maximum absolute atomic E-state index is 9.96. The van der Waals surface area contributed by atoms with Crippen molar-refractivity contribution in [2.75, 3.05) is 13.2 Å². The molecule has 0 spiro atoms. The van der Waals surface area contributed by atoms with Crippen molar-refractivity contribution in [3.63, 3.8) is 0 Å². The topological polar surface area (TPSA) is 115 Å². The SMILES string of the molecule is CC(CO)CCO.CCCCCCC(=O)O.CCCCCCC(=O)O. The summed E-state index contributed by atoms with van der Waals surface area (Å²) in [5.41, 5.74) is 0. The van der Waals surface area contributed by atoms with Gasteiger partial charge in [0.05, 0.1) is 0 Å². The van der Waals surface area contributed by atoms with Crippen LogP contribution in [0.2, 0.25) is 0 Å². The Balaban J connectivity index is -0.000000293. The summed E-state index contributed by atoms with van der Waals surface area (Å²) in [4.78, 5) is 19.9. The van der Waals surface area contributed by atoms with Gasteiger partial charge in [-0.1, -0.05) is 59.3 Å². The quantitative estimate of drug-likeness (QED) is 0.366. The van der Waals surface area contributed by atoms with Crippen molar-refractivity contribution in [2.45, 2.75) is 91.4 Å². The minimum Gasteiger partial charge on any atom is -0.481 e. The highest BCUT2D eigenvalue weighted by molar-refractivity contribution is 5.66. The van der Waals surface area contributed by atoms with Crippen LogP contribution >= 0.6 is 0 Å². The van der Waals surface area contributed by atoms with Crippen LogP contribution in [0.1, 0.15) is 91.4 Å². The Hall–Kier alpha value is -1.14. The molecule has 25 heavy (non-hydrogen) atoms. The van der Waals surface area contributed by atoms with Gasteiger partial charge in [-0.3, -0.25) is 9.59 Å². The minimum atomic E-state index is -0.675. The summed E-state index contributed by atoms with van der Waals surface area (Å²) in [6, 6.07) is 0. The zero-order chi connectivity index (χ0) is 19.9. The van der Waals surface area contributed by atoms with E-state index < -0.39 is 11.9 Å². The summed E-state index contributed by atoms with van der Waals surface area (Å²) < 4.78 is 0. The third-order valence-electron chi connectivity index (χ3n) is 3.42. The lowest BCUT2D eigenvalue weighted by Gasteiger charge is -2.01. The molecule has 0 aliphatic rings. The van der Waals surface area contributed by atoms with E-state index in [2.05, 4.69) is 13.8 Å². The van der Waals surface area contributed by atoms with Crippen LogP contribution in [0.15, 0.2) is 0 Å². The molecule has 0 radical (unpaired) electrons. The highest BCUT2D eigenvalue weighted by Gasteiger charge is 1.95. The van der Waals surface area contributed by atoms with Crippen molar-refractivity contribution in [1.82, 2.24) is 0 Å². The van der Waals surface area contributed by atoms with Crippen LogP contribution in [0, 0.1) is 5.92 Å². The summed E-state index contributed by atoms with van der Waals surface area (Å²) in [6.07, 6.45) is 9.81. The Morgan fingerprint density at radius 2 is 1.16 bits per heavy atom. The van der Waals surface area contributed by atoms with Gasteiger partial charge < -0.3 is 20.4 Å². The molecule has 0 aliphatic heterocycles. The van der Waals surface area contributed by atoms with Crippen molar-refractivity contribution in [3.8, 4) is 0 Å². The molecule has 0 heterocycles. The molecule has 0 aromatic heterocycles. The smallest absolute Gasteiger partial charge is 0.303 e. The van der Waals surface area contributed by atoms with E-state index in [9.17, 15) is 9.59 Å². The zero-order valence-corrected chi connectivity index (χ0v) is 16.4. The fraction of sp³-hybridized carbons (Fsp3) is 0.895. The Morgan fingerprint density at radius 3 is 1.36 bits per heavy atom. The van der Waals surface area contributed by atoms with Gasteiger partial charge in [-0.15, -0.1) is 0 Å². The molecule has 0 fully saturated rings. The van der Waals surface area contributed by atoms with E-state index in [1.165, 1.54) is 12.8 Å². The predicted molar refractivity (Wildman–Crippen MR) is 101 cm³/mol. The minimum absolute atomic E-state index is 0.181. The molecule has 0 rings (SSSR count). The number of aliphatic carboxylic acids is 2. The van der Waals surface area contributed by atoms with Gasteiger partial charge in [0.15, 0.2) is 0 Å². The van der Waals surface area contributed by atoms with Crippen LogP contribution in [0.25, 0.3) is 0 Å². The molecule has 1 atom stereocenters. The number of aliphatic hydroxyl groups is 2. The number of hydrogen-bond acceptors (Lipinski definition) is 4. The molecule has 0 bridgehead atoms. The van der Waals surface area contributed by atoms with Crippen molar-refractivity contribution >= 4 is 11.9 Å². The first-order chi connectivity index (χ1) is 11.8. The lowest BCUT2D eigenvalue weighted by Crippen LogP contribution is -2.01. The zero-order valence-electron chi connectivity index (χ0n) is 16.4. The third kappa shape index (κ3) is 39.5. The van der Waals surface area contributed by atoms with Gasteiger partial charge in [0.2, 0.25) is 0 Å². The van der Waals surface area contributed by atoms with E-state index >= 15 is 0 Å². The van der Waals surface area contributed by atoms with Crippen LogP contribution in [-0.2, 0) is 9.59 Å². The highest BCUT2D eigenvalue weighted by Crippen LogP contribution is 2.02. The van der Waals surface area contributed by atoms with Crippen LogP contribution < -0.4 is 0 Å². The normalized spacial score (nSPS) is 10.8. The second kappa shape index (κ2) is 25.1. The lowest BCUT2D eigenvalue weighted by atomic mass is 10.1. The van der Waals surface area contributed by atoms with Crippen LogP contribution in [0.3, 0.4) is 0 Å². The molecule has 152 valence electrons. The second-order valence-corrected chi connectivity index (χ2v) is 6.21. The monoisotopic (exact) mass is 364 g/mol. The molecular weight excluding hydrogens is 324 g/mol. The second-order valence-electron chi connectivity index (χ2n) is 6.21. The molecule has 0 aromatic rings. The Bertz CT molecular complexity index is 259. The average Bonchev–Trinajstić information content (AvgIpc) is 2.57. The van der Waals surface area contributed by atoms with Crippen LogP contribution in [-0.4, -0.2) is 45.6 Å². The van der Waals surface area contributed by atoms with Gasteiger partial charge in [0, 0.05) is 26.1 Å². The molecule has 6 nitrogen and oxygen atoms in total. The first kappa shape index (κ1) is 28.7. The third-order valence-corrected chi connectivity index (χ3v) is 3.42. The number of carbonyl (C=O) groups is 2. The Kier molecular flexibility index (Phi) is 28.8. The number of unbranched alkanes of at least 4 members (excludes halogenated alkanes) is 6. The number of hydrogen-bond donors (Lipinski definition) is 4. The summed E-state index contributed by atoms with van der Waals surface area (Å²) in [7, 11) is 0. The molecule has 0 aliphatic carbocycles. The Morgan fingerprint density at radius 1 is 0.760 bits per heavy atom. The van der Waals surface area contributed by atoms with Gasteiger partial charge in [-0.05, 0) is 25.2 Å². The van der Waals surface area contributed by atoms with E-state index in [4.69, 9.17) is 20.4 Å². The van der Waals surface area contributed by atoms with E-state index in [0.717, 1.165) is 38.5 Å². The number of carboxylic acids is 2. The number of carboxylic acid groups (broad SMARTS) is 2. The van der Waals surface area contributed by atoms with Gasteiger partial charge in [-0.25, -0.2) is 0 Å². The molecule has 0 saturated heterocycles. The van der Waals surface area contributed by atoms with Crippen molar-refractivity contribution in [3.05, 3.63) is 0 Å². The summed E-state index contributed by atoms with van der Waals surface area (Å²) in [5, 5.41) is 33.0. The molecule has 6 heteroatoms. The first-order valence-corrected chi connectivity index (χ1v) is 9.50. The summed E-state index contributed by atoms with van der Waals surface area (Å²) in [5.74, 6) is -1.10. The van der Waals surface area contributed by atoms with E-state index in [0.29, 0.717) is 19.3 Å². The van der Waals surface area contributed by atoms with Crippen molar-refractivity contribution < 1.29 is 30.0 Å². The summed E-state index contributed by atoms with van der Waals surface area (Å²) in [6.45, 7) is 6.49. The maximum atomic E-state index is 9.96. The fourth-order valence-electron chi connectivity index (χ4n) is 1.72. The van der Waals surface area contributed by atoms with Crippen molar-refractivity contribution in [1.29, 1.82) is 0 Å². The van der Waals surface area contributed by atoms with Crippen molar-refractivity contribution in [2.24, 2.45) is 5.92 Å². The van der Waals surface area contributed by atoms with Crippen LogP contribution in [0.4, 0.5) is 0 Å². The largest absolute Gasteiger partial charge is 0.481 e. The summed E-state index contributed by atoms with van der Waals surface area (Å²) >= 11 is 0. The van der Waals surface area contributed by atoms with Gasteiger partial charge in [-0.2, -0.15) is 0 Å². The molecule has 0 aromatic carbocycles. The van der Waals surface area contributed by atoms with Gasteiger partial charge in [0.1, 0.15) is 0 Å². The highest BCUT2D eigenvalue weighted by atomic mass is 16.4. The molecule has 4 N–H and O–H groups in total. The molecule has 1 unspecified atom stereocenters. The van der Waals surface area contributed by atoms with Gasteiger partial charge in [0.25, 0.3) is 0 Å². The predicted octanol–water partition coefficient (Wildman–Crippen LogP) is 4.08. The molecule has 0 amide bonds. The van der Waals surface area contributed by atoms with Crippen LogP contribution in [0.5, 0.6) is 0 Å². The fourth-order valence-corrected chi connectivity index (χ4v) is 1.72. The Labute approximate surface area is 153 Å². The van der Waals surface area contributed by atoms with E-state index in [1.54, 1.807) is 0 Å². The number of rotatable bonds is 13.